The number of nitrogens with one attached hydrogen (secondary N) is 2. The van der Waals surface area contributed by atoms with Crippen molar-refractivity contribution in [2.24, 2.45) is 0 Å². The first-order valence-electron chi connectivity index (χ1n) is 7.16. The smallest absolute Gasteiger partial charge is 0.329 e. The molecule has 2 N–H and O–H groups in total. The number of rotatable bonds is 3. The molecule has 2 fully saturated rings. The van der Waals surface area contributed by atoms with Gasteiger partial charge in [-0.15, -0.1) is 0 Å². The summed E-state index contributed by atoms with van der Waals surface area (Å²) in [5, 5.41) is 2.73. The molecule has 0 spiro atoms. The van der Waals surface area contributed by atoms with Crippen molar-refractivity contribution >= 4 is 16.2 Å². The zero-order chi connectivity index (χ0) is 13.7. The van der Waals surface area contributed by atoms with Crippen LogP contribution in [0.3, 0.4) is 0 Å². The third-order valence-corrected chi connectivity index (χ3v) is 5.31. The monoisotopic (exact) mass is 289 g/mol. The minimum atomic E-state index is -3.68. The summed E-state index contributed by atoms with van der Waals surface area (Å²) in [6.45, 7) is 1.01. The number of carbonyl (C=O) groups is 1. The Balaban J connectivity index is 1.86. The summed E-state index contributed by atoms with van der Waals surface area (Å²) in [5.74, 6) is 0. The van der Waals surface area contributed by atoms with Crippen LogP contribution in [0.1, 0.15) is 51.4 Å². The molecule has 1 saturated heterocycles. The second-order valence-electron chi connectivity index (χ2n) is 5.38. The van der Waals surface area contributed by atoms with Gasteiger partial charge in [-0.2, -0.15) is 12.7 Å². The molecule has 110 valence electrons. The van der Waals surface area contributed by atoms with E-state index in [1.807, 2.05) is 0 Å². The quantitative estimate of drug-likeness (QED) is 0.823. The van der Waals surface area contributed by atoms with Crippen LogP contribution in [0.5, 0.6) is 0 Å². The highest BCUT2D eigenvalue weighted by atomic mass is 32.2. The molecule has 0 radical (unpaired) electrons. The maximum absolute atomic E-state index is 12.1. The van der Waals surface area contributed by atoms with Crippen LogP contribution in [-0.4, -0.2) is 37.9 Å². The van der Waals surface area contributed by atoms with Gasteiger partial charge in [0.05, 0.1) is 0 Å². The Morgan fingerprint density at radius 2 is 1.53 bits per heavy atom. The first-order valence-corrected chi connectivity index (χ1v) is 8.60. The van der Waals surface area contributed by atoms with Crippen LogP contribution in [-0.2, 0) is 10.2 Å². The van der Waals surface area contributed by atoms with E-state index in [-0.39, 0.29) is 6.04 Å². The van der Waals surface area contributed by atoms with Crippen LogP contribution in [0, 0.1) is 0 Å². The van der Waals surface area contributed by atoms with E-state index in [1.165, 1.54) is 4.31 Å². The molecule has 0 unspecified atom stereocenters. The summed E-state index contributed by atoms with van der Waals surface area (Å²) in [4.78, 5) is 11.7. The molecule has 0 aromatic carbocycles. The fourth-order valence-electron chi connectivity index (χ4n) is 2.75. The normalized spacial score (nSPS) is 22.9. The van der Waals surface area contributed by atoms with Crippen molar-refractivity contribution in [3.05, 3.63) is 0 Å². The molecule has 1 heterocycles. The van der Waals surface area contributed by atoms with Crippen molar-refractivity contribution in [1.82, 2.24) is 14.3 Å². The molecule has 2 rings (SSSR count). The summed E-state index contributed by atoms with van der Waals surface area (Å²) in [6, 6.07) is -0.463. The average molecular weight is 289 g/mol. The average Bonchev–Trinajstić information content (AvgIpc) is 2.67. The number of hydrogen-bond acceptors (Lipinski definition) is 3. The van der Waals surface area contributed by atoms with Crippen LogP contribution in [0.15, 0.2) is 0 Å². The van der Waals surface area contributed by atoms with Crippen LogP contribution < -0.4 is 10.0 Å². The van der Waals surface area contributed by atoms with Crippen LogP contribution in [0.4, 0.5) is 4.79 Å². The van der Waals surface area contributed by atoms with Crippen molar-refractivity contribution in [2.45, 2.75) is 57.4 Å². The Morgan fingerprint density at radius 1 is 0.947 bits per heavy atom. The second kappa shape index (κ2) is 6.56. The summed E-state index contributed by atoms with van der Waals surface area (Å²) in [6.07, 6.45) is 7.93. The first kappa shape index (κ1) is 14.6. The molecule has 0 atom stereocenters. The van der Waals surface area contributed by atoms with Gasteiger partial charge in [0.15, 0.2) is 0 Å². The van der Waals surface area contributed by atoms with Crippen molar-refractivity contribution in [3.63, 3.8) is 0 Å². The Morgan fingerprint density at radius 3 is 2.11 bits per heavy atom. The number of nitrogens with zero attached hydrogens (tertiary/aromatic N) is 1. The Hall–Kier alpha value is -0.820. The van der Waals surface area contributed by atoms with Gasteiger partial charge >= 0.3 is 16.2 Å². The van der Waals surface area contributed by atoms with Gasteiger partial charge in [-0.25, -0.2) is 9.52 Å². The largest absolute Gasteiger partial charge is 0.335 e. The van der Waals surface area contributed by atoms with E-state index in [4.69, 9.17) is 0 Å². The van der Waals surface area contributed by atoms with E-state index in [0.29, 0.717) is 13.1 Å². The maximum Gasteiger partial charge on any atom is 0.329 e. The lowest BCUT2D eigenvalue weighted by atomic mass is 10.2. The zero-order valence-electron chi connectivity index (χ0n) is 11.2. The van der Waals surface area contributed by atoms with Gasteiger partial charge in [-0.05, 0) is 25.7 Å². The van der Waals surface area contributed by atoms with E-state index in [9.17, 15) is 13.2 Å². The van der Waals surface area contributed by atoms with Crippen LogP contribution in [0.25, 0.3) is 0 Å². The van der Waals surface area contributed by atoms with Gasteiger partial charge < -0.3 is 5.32 Å². The minimum absolute atomic E-state index is 0.124. The van der Waals surface area contributed by atoms with Gasteiger partial charge in [-0.3, -0.25) is 0 Å². The van der Waals surface area contributed by atoms with Crippen molar-refractivity contribution in [1.29, 1.82) is 0 Å². The first-order chi connectivity index (χ1) is 9.08. The molecule has 0 aromatic heterocycles. The standard InChI is InChI=1S/C12H23N3O3S/c16-12(13-11-7-3-4-8-11)14-19(17,18)15-9-5-1-2-6-10-15/h11H,1-10H2,(H2,13,14,16). The Kier molecular flexibility index (Phi) is 5.04. The lowest BCUT2D eigenvalue weighted by Crippen LogP contribution is -2.49. The predicted octanol–water partition coefficient (Wildman–Crippen LogP) is 1.35. The fourth-order valence-corrected chi connectivity index (χ4v) is 3.91. The van der Waals surface area contributed by atoms with Gasteiger partial charge in [0.1, 0.15) is 0 Å². The SMILES string of the molecule is O=C(NC1CCCC1)NS(=O)(=O)N1CCCCCC1. The molecule has 7 heteroatoms. The summed E-state index contributed by atoms with van der Waals surface area (Å²) in [7, 11) is -3.68. The molecule has 1 aliphatic carbocycles. The Bertz CT molecular complexity index is 396. The molecule has 2 amide bonds. The Labute approximate surface area is 115 Å². The maximum atomic E-state index is 12.1. The highest BCUT2D eigenvalue weighted by Crippen LogP contribution is 2.17. The minimum Gasteiger partial charge on any atom is -0.335 e. The molecule has 6 nitrogen and oxygen atoms in total. The third kappa shape index (κ3) is 4.35. The van der Waals surface area contributed by atoms with Gasteiger partial charge in [0, 0.05) is 19.1 Å². The number of hydrogen-bond donors (Lipinski definition) is 2. The third-order valence-electron chi connectivity index (χ3n) is 3.82. The number of urea groups is 1. The molecular formula is C12H23N3O3S. The lowest BCUT2D eigenvalue weighted by molar-refractivity contribution is 0.241. The molecule has 2 aliphatic rings. The summed E-state index contributed by atoms with van der Waals surface area (Å²) < 4.78 is 27.7. The predicted molar refractivity (Wildman–Crippen MR) is 72.9 cm³/mol. The van der Waals surface area contributed by atoms with Gasteiger partial charge in [-0.1, -0.05) is 25.7 Å². The van der Waals surface area contributed by atoms with Crippen molar-refractivity contribution in [2.75, 3.05) is 13.1 Å². The van der Waals surface area contributed by atoms with Crippen molar-refractivity contribution in [3.8, 4) is 0 Å². The highest BCUT2D eigenvalue weighted by molar-refractivity contribution is 7.87. The molecule has 19 heavy (non-hydrogen) atoms. The second-order valence-corrected chi connectivity index (χ2v) is 7.05. The zero-order valence-corrected chi connectivity index (χ0v) is 12.0. The van der Waals surface area contributed by atoms with Crippen LogP contribution >= 0.6 is 0 Å². The molecule has 0 aromatic rings. The summed E-state index contributed by atoms with van der Waals surface area (Å²) >= 11 is 0. The fraction of sp³-hybridized carbons (Fsp3) is 0.917. The lowest BCUT2D eigenvalue weighted by Gasteiger charge is -2.21. The molecule has 1 aliphatic heterocycles. The topological polar surface area (TPSA) is 78.5 Å². The van der Waals surface area contributed by atoms with E-state index in [2.05, 4.69) is 10.0 Å². The van der Waals surface area contributed by atoms with Gasteiger partial charge in [0.2, 0.25) is 0 Å². The number of amides is 2. The molecule has 1 saturated carbocycles. The molecular weight excluding hydrogens is 266 g/mol. The van der Waals surface area contributed by atoms with E-state index in [1.54, 1.807) is 0 Å². The van der Waals surface area contributed by atoms with Gasteiger partial charge in [0.25, 0.3) is 0 Å². The van der Waals surface area contributed by atoms with E-state index >= 15 is 0 Å². The number of carbonyl (C=O) groups excluding carboxylic acids is 1. The van der Waals surface area contributed by atoms with E-state index in [0.717, 1.165) is 51.4 Å². The molecule has 0 bridgehead atoms. The van der Waals surface area contributed by atoms with Crippen LogP contribution in [0.2, 0.25) is 0 Å². The van der Waals surface area contributed by atoms with Crippen molar-refractivity contribution < 1.29 is 13.2 Å². The van der Waals surface area contributed by atoms with E-state index < -0.39 is 16.2 Å². The highest BCUT2D eigenvalue weighted by Gasteiger charge is 2.26. The summed E-state index contributed by atoms with van der Waals surface area (Å²) in [5.41, 5.74) is 0.